The Labute approximate surface area is 125 Å². The summed E-state index contributed by atoms with van der Waals surface area (Å²) in [6.07, 6.45) is 0. The molecule has 2 rings (SSSR count). The molecule has 0 amide bonds. The van der Waals surface area contributed by atoms with Crippen LogP contribution in [0.5, 0.6) is 5.75 Å². The molecule has 4 heteroatoms. The van der Waals surface area contributed by atoms with Crippen molar-refractivity contribution < 1.29 is 4.74 Å². The zero-order chi connectivity index (χ0) is 14.4. The molecule has 0 atom stereocenters. The number of likely N-dealkylation sites (N-methyl/N-ethyl adjacent to an activating group) is 1. The molecule has 0 fully saturated rings. The lowest BCUT2D eigenvalue weighted by Crippen LogP contribution is -2.29. The summed E-state index contributed by atoms with van der Waals surface area (Å²) in [5.74, 6) is 0.920. The Morgan fingerprint density at radius 2 is 2.05 bits per heavy atom. The van der Waals surface area contributed by atoms with Crippen LogP contribution in [0.3, 0.4) is 0 Å². The molecule has 108 valence electrons. The largest absolute Gasteiger partial charge is 0.495 e. The first-order chi connectivity index (χ1) is 9.72. The molecule has 0 saturated carbocycles. The second-order valence-electron chi connectivity index (χ2n) is 4.80. The number of para-hydroxylation sites is 2. The van der Waals surface area contributed by atoms with Crippen molar-refractivity contribution >= 4 is 17.0 Å². The van der Waals surface area contributed by atoms with E-state index in [1.165, 1.54) is 10.4 Å². The molecule has 2 aromatic rings. The van der Waals surface area contributed by atoms with E-state index in [2.05, 4.69) is 41.7 Å². The van der Waals surface area contributed by atoms with Crippen LogP contribution >= 0.6 is 11.3 Å². The molecule has 0 bridgehead atoms. The lowest BCUT2D eigenvalue weighted by atomic mass is 10.2. The van der Waals surface area contributed by atoms with Crippen molar-refractivity contribution in [1.82, 2.24) is 5.32 Å². The molecule has 1 N–H and O–H groups in total. The SMILES string of the molecule is COc1ccccc1N(C)CCNCc1sccc1C. The molecule has 0 unspecified atom stereocenters. The number of hydrogen-bond acceptors (Lipinski definition) is 4. The first-order valence-electron chi connectivity index (χ1n) is 6.80. The fourth-order valence-corrected chi connectivity index (χ4v) is 2.98. The molecular weight excluding hydrogens is 268 g/mol. The predicted molar refractivity (Wildman–Crippen MR) is 87.0 cm³/mol. The van der Waals surface area contributed by atoms with Crippen LogP contribution in [-0.2, 0) is 6.54 Å². The molecule has 0 saturated heterocycles. The highest BCUT2D eigenvalue weighted by atomic mass is 32.1. The molecule has 0 spiro atoms. The quantitative estimate of drug-likeness (QED) is 0.792. The average molecular weight is 290 g/mol. The topological polar surface area (TPSA) is 24.5 Å². The molecular formula is C16H22N2OS. The van der Waals surface area contributed by atoms with Crippen LogP contribution in [0.4, 0.5) is 5.69 Å². The molecule has 20 heavy (non-hydrogen) atoms. The van der Waals surface area contributed by atoms with Gasteiger partial charge >= 0.3 is 0 Å². The Bertz CT molecular complexity index is 539. The van der Waals surface area contributed by atoms with E-state index < -0.39 is 0 Å². The lowest BCUT2D eigenvalue weighted by molar-refractivity contribution is 0.415. The highest BCUT2D eigenvalue weighted by Crippen LogP contribution is 2.26. The Balaban J connectivity index is 1.80. The van der Waals surface area contributed by atoms with Gasteiger partial charge in [-0.2, -0.15) is 0 Å². The van der Waals surface area contributed by atoms with Crippen LogP contribution < -0.4 is 15.0 Å². The Morgan fingerprint density at radius 1 is 1.25 bits per heavy atom. The maximum Gasteiger partial charge on any atom is 0.142 e. The highest BCUT2D eigenvalue weighted by Gasteiger charge is 2.06. The van der Waals surface area contributed by atoms with Crippen molar-refractivity contribution in [3.05, 3.63) is 46.2 Å². The van der Waals surface area contributed by atoms with Gasteiger partial charge in [-0.15, -0.1) is 11.3 Å². The standard InChI is InChI=1S/C16H22N2OS/c1-13-8-11-20-16(13)12-17-9-10-18(2)14-6-4-5-7-15(14)19-3/h4-8,11,17H,9-10,12H2,1-3H3. The average Bonchev–Trinajstić information content (AvgIpc) is 2.88. The van der Waals surface area contributed by atoms with E-state index in [0.29, 0.717) is 0 Å². The molecule has 1 aromatic heterocycles. The monoisotopic (exact) mass is 290 g/mol. The van der Waals surface area contributed by atoms with Crippen molar-refractivity contribution in [2.75, 3.05) is 32.1 Å². The van der Waals surface area contributed by atoms with Gasteiger partial charge in [0.25, 0.3) is 0 Å². The summed E-state index contributed by atoms with van der Waals surface area (Å²) in [7, 11) is 3.81. The number of hydrogen-bond donors (Lipinski definition) is 1. The van der Waals surface area contributed by atoms with Crippen LogP contribution in [0.25, 0.3) is 0 Å². The van der Waals surface area contributed by atoms with E-state index in [4.69, 9.17) is 4.74 Å². The summed E-state index contributed by atoms with van der Waals surface area (Å²) in [5, 5.41) is 5.64. The van der Waals surface area contributed by atoms with Gasteiger partial charge in [-0.25, -0.2) is 0 Å². The van der Waals surface area contributed by atoms with Gasteiger partial charge in [-0.1, -0.05) is 12.1 Å². The molecule has 0 aliphatic heterocycles. The van der Waals surface area contributed by atoms with E-state index in [0.717, 1.165) is 31.1 Å². The molecule has 0 aliphatic carbocycles. The summed E-state index contributed by atoms with van der Waals surface area (Å²) in [4.78, 5) is 3.64. The summed E-state index contributed by atoms with van der Waals surface area (Å²) in [5.41, 5.74) is 2.50. The maximum atomic E-state index is 5.39. The second-order valence-corrected chi connectivity index (χ2v) is 5.80. The highest BCUT2D eigenvalue weighted by molar-refractivity contribution is 7.10. The lowest BCUT2D eigenvalue weighted by Gasteiger charge is -2.21. The van der Waals surface area contributed by atoms with Crippen LogP contribution in [0, 0.1) is 6.92 Å². The van der Waals surface area contributed by atoms with Crippen molar-refractivity contribution in [3.63, 3.8) is 0 Å². The minimum atomic E-state index is 0.920. The molecule has 0 radical (unpaired) electrons. The van der Waals surface area contributed by atoms with Gasteiger partial charge in [-0.05, 0) is 36.1 Å². The number of benzene rings is 1. The second kappa shape index (κ2) is 7.31. The van der Waals surface area contributed by atoms with Crippen molar-refractivity contribution in [2.45, 2.75) is 13.5 Å². The fourth-order valence-electron chi connectivity index (χ4n) is 2.10. The fraction of sp³-hybridized carbons (Fsp3) is 0.375. The van der Waals surface area contributed by atoms with Gasteiger partial charge in [0.1, 0.15) is 5.75 Å². The summed E-state index contributed by atoms with van der Waals surface area (Å²) in [6.45, 7) is 5.01. The first-order valence-corrected chi connectivity index (χ1v) is 7.68. The van der Waals surface area contributed by atoms with Gasteiger partial charge < -0.3 is 15.0 Å². The van der Waals surface area contributed by atoms with Gasteiger partial charge in [0, 0.05) is 31.6 Å². The van der Waals surface area contributed by atoms with Crippen LogP contribution in [-0.4, -0.2) is 27.2 Å². The zero-order valence-electron chi connectivity index (χ0n) is 12.3. The molecule has 3 nitrogen and oxygen atoms in total. The summed E-state index contributed by atoms with van der Waals surface area (Å²) < 4.78 is 5.39. The van der Waals surface area contributed by atoms with E-state index in [1.807, 2.05) is 29.5 Å². The number of rotatable bonds is 7. The van der Waals surface area contributed by atoms with Crippen LogP contribution in [0.15, 0.2) is 35.7 Å². The number of nitrogens with one attached hydrogen (secondary N) is 1. The van der Waals surface area contributed by atoms with E-state index in [1.54, 1.807) is 7.11 Å². The number of thiophene rings is 1. The predicted octanol–water partition coefficient (Wildman–Crippen LogP) is 3.29. The summed E-state index contributed by atoms with van der Waals surface area (Å²) in [6, 6.07) is 10.3. The Morgan fingerprint density at radius 3 is 2.75 bits per heavy atom. The number of methoxy groups -OCH3 is 1. The van der Waals surface area contributed by atoms with Crippen molar-refractivity contribution in [3.8, 4) is 5.75 Å². The van der Waals surface area contributed by atoms with E-state index in [-0.39, 0.29) is 0 Å². The van der Waals surface area contributed by atoms with Gasteiger partial charge in [0.2, 0.25) is 0 Å². The maximum absolute atomic E-state index is 5.39. The minimum Gasteiger partial charge on any atom is -0.495 e. The van der Waals surface area contributed by atoms with E-state index in [9.17, 15) is 0 Å². The van der Waals surface area contributed by atoms with E-state index >= 15 is 0 Å². The Hall–Kier alpha value is -1.52. The van der Waals surface area contributed by atoms with Crippen molar-refractivity contribution in [2.24, 2.45) is 0 Å². The molecule has 1 aromatic carbocycles. The molecule has 1 heterocycles. The number of nitrogens with zero attached hydrogens (tertiary/aromatic N) is 1. The van der Waals surface area contributed by atoms with Crippen LogP contribution in [0.2, 0.25) is 0 Å². The van der Waals surface area contributed by atoms with Gasteiger partial charge in [0.05, 0.1) is 12.8 Å². The third kappa shape index (κ3) is 3.74. The third-order valence-corrected chi connectivity index (χ3v) is 4.40. The number of aryl methyl sites for hydroxylation is 1. The number of ether oxygens (including phenoxy) is 1. The van der Waals surface area contributed by atoms with Gasteiger partial charge in [0.15, 0.2) is 0 Å². The van der Waals surface area contributed by atoms with Crippen molar-refractivity contribution in [1.29, 1.82) is 0 Å². The Kier molecular flexibility index (Phi) is 5.44. The first kappa shape index (κ1) is 14.9. The smallest absolute Gasteiger partial charge is 0.142 e. The van der Waals surface area contributed by atoms with Gasteiger partial charge in [-0.3, -0.25) is 0 Å². The molecule has 0 aliphatic rings. The minimum absolute atomic E-state index is 0.920. The number of anilines is 1. The normalized spacial score (nSPS) is 10.6. The third-order valence-electron chi connectivity index (χ3n) is 3.37. The summed E-state index contributed by atoms with van der Waals surface area (Å²) >= 11 is 1.81. The zero-order valence-corrected chi connectivity index (χ0v) is 13.2. The van der Waals surface area contributed by atoms with Crippen LogP contribution in [0.1, 0.15) is 10.4 Å².